The van der Waals surface area contributed by atoms with Gasteiger partial charge in [-0.2, -0.15) is 0 Å². The summed E-state index contributed by atoms with van der Waals surface area (Å²) < 4.78 is 26.5. The Morgan fingerprint density at radius 3 is 2.89 bits per heavy atom. The number of hydrogen-bond donors (Lipinski definition) is 1. The van der Waals surface area contributed by atoms with Crippen LogP contribution in [0.2, 0.25) is 0 Å². The Morgan fingerprint density at radius 1 is 1.28 bits per heavy atom. The number of nitrogens with zero attached hydrogens (tertiary/aromatic N) is 2. The van der Waals surface area contributed by atoms with Gasteiger partial charge in [0.25, 0.3) is 0 Å². The lowest BCUT2D eigenvalue weighted by molar-refractivity contribution is 0.577. The highest BCUT2D eigenvalue weighted by Gasteiger charge is 2.07. The molecule has 0 radical (unpaired) electrons. The van der Waals surface area contributed by atoms with Crippen molar-refractivity contribution in [3.8, 4) is 0 Å². The van der Waals surface area contributed by atoms with Gasteiger partial charge in [0.2, 0.25) is 0 Å². The standard InChI is InChI=1S/C12H11F2N3S/c1-2-16-11-6-15-7-12(17-11)18-10-5-8(13)3-4-9(10)14/h3-7H,2H2,1H3,(H,16,17). The molecule has 0 fully saturated rings. The first kappa shape index (κ1) is 12.8. The van der Waals surface area contributed by atoms with Crippen LogP contribution in [-0.4, -0.2) is 16.5 Å². The highest BCUT2D eigenvalue weighted by atomic mass is 32.2. The zero-order chi connectivity index (χ0) is 13.0. The maximum Gasteiger partial charge on any atom is 0.145 e. The van der Waals surface area contributed by atoms with Gasteiger partial charge in [-0.05, 0) is 25.1 Å². The summed E-state index contributed by atoms with van der Waals surface area (Å²) in [5, 5.41) is 3.52. The summed E-state index contributed by atoms with van der Waals surface area (Å²) in [5.41, 5.74) is 0. The Morgan fingerprint density at radius 2 is 2.11 bits per heavy atom. The summed E-state index contributed by atoms with van der Waals surface area (Å²) >= 11 is 1.04. The third-order valence-electron chi connectivity index (χ3n) is 2.08. The van der Waals surface area contributed by atoms with E-state index in [-0.39, 0.29) is 4.90 Å². The molecule has 0 aliphatic heterocycles. The first-order valence-corrected chi connectivity index (χ1v) is 6.19. The number of anilines is 1. The van der Waals surface area contributed by atoms with Crippen LogP contribution in [0.1, 0.15) is 6.92 Å². The van der Waals surface area contributed by atoms with Crippen molar-refractivity contribution in [2.24, 2.45) is 0 Å². The molecular weight excluding hydrogens is 256 g/mol. The number of rotatable bonds is 4. The molecule has 0 saturated heterocycles. The van der Waals surface area contributed by atoms with E-state index >= 15 is 0 Å². The van der Waals surface area contributed by atoms with Crippen LogP contribution in [0.4, 0.5) is 14.6 Å². The monoisotopic (exact) mass is 267 g/mol. The van der Waals surface area contributed by atoms with Gasteiger partial charge in [0.05, 0.1) is 17.3 Å². The molecule has 0 aliphatic rings. The molecule has 2 rings (SSSR count). The van der Waals surface area contributed by atoms with Crippen molar-refractivity contribution in [1.29, 1.82) is 0 Å². The molecule has 0 bridgehead atoms. The Balaban J connectivity index is 2.22. The van der Waals surface area contributed by atoms with Crippen LogP contribution >= 0.6 is 11.8 Å². The molecule has 6 heteroatoms. The van der Waals surface area contributed by atoms with Crippen molar-refractivity contribution in [1.82, 2.24) is 9.97 Å². The minimum atomic E-state index is -0.477. The minimum absolute atomic E-state index is 0.193. The summed E-state index contributed by atoms with van der Waals surface area (Å²) in [7, 11) is 0. The van der Waals surface area contributed by atoms with E-state index in [1.165, 1.54) is 6.20 Å². The molecule has 0 amide bonds. The van der Waals surface area contributed by atoms with Gasteiger partial charge in [0, 0.05) is 6.54 Å². The SMILES string of the molecule is CCNc1cncc(Sc2cc(F)ccc2F)n1. The van der Waals surface area contributed by atoms with E-state index < -0.39 is 11.6 Å². The number of halogens is 2. The highest BCUT2D eigenvalue weighted by molar-refractivity contribution is 7.99. The topological polar surface area (TPSA) is 37.8 Å². The first-order valence-electron chi connectivity index (χ1n) is 5.38. The van der Waals surface area contributed by atoms with Gasteiger partial charge in [-0.3, -0.25) is 4.98 Å². The molecule has 18 heavy (non-hydrogen) atoms. The molecule has 1 heterocycles. The van der Waals surface area contributed by atoms with Crippen LogP contribution in [0.25, 0.3) is 0 Å². The Hall–Kier alpha value is -1.69. The number of nitrogens with one attached hydrogen (secondary N) is 1. The predicted molar refractivity (Wildman–Crippen MR) is 66.7 cm³/mol. The highest BCUT2D eigenvalue weighted by Crippen LogP contribution is 2.29. The van der Waals surface area contributed by atoms with Crippen LogP contribution in [0.5, 0.6) is 0 Å². The van der Waals surface area contributed by atoms with Crippen molar-refractivity contribution in [2.45, 2.75) is 16.8 Å². The predicted octanol–water partition coefficient (Wildman–Crippen LogP) is 3.34. The molecule has 1 aromatic heterocycles. The molecule has 2 aromatic rings. The van der Waals surface area contributed by atoms with Gasteiger partial charge >= 0.3 is 0 Å². The molecular formula is C12H11F2N3S. The molecule has 0 atom stereocenters. The lowest BCUT2D eigenvalue weighted by atomic mass is 10.3. The summed E-state index contributed by atoms with van der Waals surface area (Å²) in [6.45, 7) is 2.66. The van der Waals surface area contributed by atoms with Gasteiger partial charge in [-0.1, -0.05) is 11.8 Å². The van der Waals surface area contributed by atoms with E-state index in [0.29, 0.717) is 10.8 Å². The molecule has 3 nitrogen and oxygen atoms in total. The molecule has 0 aliphatic carbocycles. The zero-order valence-electron chi connectivity index (χ0n) is 9.65. The van der Waals surface area contributed by atoms with Gasteiger partial charge in [0.1, 0.15) is 22.5 Å². The van der Waals surface area contributed by atoms with E-state index in [1.807, 2.05) is 6.92 Å². The van der Waals surface area contributed by atoms with Crippen LogP contribution in [0.15, 0.2) is 40.5 Å². The van der Waals surface area contributed by atoms with Crippen molar-refractivity contribution in [2.75, 3.05) is 11.9 Å². The quantitative estimate of drug-likeness (QED) is 0.922. The normalized spacial score (nSPS) is 10.4. The molecule has 0 saturated carbocycles. The van der Waals surface area contributed by atoms with Crippen molar-refractivity contribution in [3.05, 3.63) is 42.2 Å². The van der Waals surface area contributed by atoms with Gasteiger partial charge in [-0.25, -0.2) is 13.8 Å². The Labute approximate surface area is 108 Å². The van der Waals surface area contributed by atoms with E-state index in [2.05, 4.69) is 15.3 Å². The van der Waals surface area contributed by atoms with Crippen LogP contribution in [-0.2, 0) is 0 Å². The lowest BCUT2D eigenvalue weighted by Gasteiger charge is -2.05. The fraction of sp³-hybridized carbons (Fsp3) is 0.167. The van der Waals surface area contributed by atoms with Crippen LogP contribution < -0.4 is 5.32 Å². The van der Waals surface area contributed by atoms with Gasteiger partial charge in [0.15, 0.2) is 0 Å². The molecule has 0 spiro atoms. The average Bonchev–Trinajstić information content (AvgIpc) is 2.35. The van der Waals surface area contributed by atoms with Crippen molar-refractivity contribution >= 4 is 17.6 Å². The zero-order valence-corrected chi connectivity index (χ0v) is 10.5. The van der Waals surface area contributed by atoms with Gasteiger partial charge < -0.3 is 5.32 Å². The maximum absolute atomic E-state index is 13.5. The average molecular weight is 267 g/mol. The molecule has 0 unspecified atom stereocenters. The summed E-state index contributed by atoms with van der Waals surface area (Å²) in [6.07, 6.45) is 3.09. The minimum Gasteiger partial charge on any atom is -0.369 e. The third kappa shape index (κ3) is 3.16. The fourth-order valence-electron chi connectivity index (χ4n) is 1.33. The fourth-order valence-corrected chi connectivity index (χ4v) is 2.15. The first-order chi connectivity index (χ1) is 8.69. The summed E-state index contributed by atoms with van der Waals surface area (Å²) in [6, 6.07) is 3.32. The molecule has 94 valence electrons. The second-order valence-corrected chi connectivity index (χ2v) is 4.51. The Kier molecular flexibility index (Phi) is 4.09. The third-order valence-corrected chi connectivity index (χ3v) is 3.02. The van der Waals surface area contributed by atoms with E-state index in [0.717, 1.165) is 36.5 Å². The molecule has 1 aromatic carbocycles. The summed E-state index contributed by atoms with van der Waals surface area (Å²) in [5.74, 6) is -0.342. The number of benzene rings is 1. The van der Waals surface area contributed by atoms with Crippen LogP contribution in [0, 0.1) is 11.6 Å². The van der Waals surface area contributed by atoms with Gasteiger partial charge in [-0.15, -0.1) is 0 Å². The van der Waals surface area contributed by atoms with E-state index in [1.54, 1.807) is 6.20 Å². The van der Waals surface area contributed by atoms with E-state index in [9.17, 15) is 8.78 Å². The second-order valence-electron chi connectivity index (χ2n) is 3.45. The van der Waals surface area contributed by atoms with Crippen LogP contribution in [0.3, 0.4) is 0 Å². The Bertz CT molecular complexity index is 549. The van der Waals surface area contributed by atoms with Crippen molar-refractivity contribution in [3.63, 3.8) is 0 Å². The number of aromatic nitrogens is 2. The maximum atomic E-state index is 13.5. The number of hydrogen-bond acceptors (Lipinski definition) is 4. The summed E-state index contributed by atoms with van der Waals surface area (Å²) in [4.78, 5) is 8.41. The lowest BCUT2D eigenvalue weighted by Crippen LogP contribution is -2.00. The second kappa shape index (κ2) is 5.77. The van der Waals surface area contributed by atoms with E-state index in [4.69, 9.17) is 0 Å². The smallest absolute Gasteiger partial charge is 0.145 e. The molecule has 1 N–H and O–H groups in total. The van der Waals surface area contributed by atoms with Crippen molar-refractivity contribution < 1.29 is 8.78 Å². The largest absolute Gasteiger partial charge is 0.369 e.